The maximum atomic E-state index is 6.59. The molecule has 0 atom stereocenters. The monoisotopic (exact) mass is 115 g/mol. The van der Waals surface area contributed by atoms with Gasteiger partial charge in [0, 0.05) is 13.1 Å². The molecule has 0 rings (SSSR count). The fraction of sp³-hybridized carbons (Fsp3) is 0.429. The maximum absolute atomic E-state index is 6.59. The van der Waals surface area contributed by atoms with Crippen molar-refractivity contribution in [1.82, 2.24) is 4.90 Å². The summed E-state index contributed by atoms with van der Waals surface area (Å²) >= 11 is 0. The second-order valence-corrected chi connectivity index (χ2v) is 1.66. The summed E-state index contributed by atoms with van der Waals surface area (Å²) < 4.78 is 0. The third-order valence-electron chi connectivity index (χ3n) is 0.790. The summed E-state index contributed by atoms with van der Waals surface area (Å²) in [5, 5.41) is 0. The summed E-state index contributed by atoms with van der Waals surface area (Å²) in [5.74, 6) is 2.28. The third kappa shape index (κ3) is 7.86. The minimum absolute atomic E-state index is 0. The van der Waals surface area contributed by atoms with Crippen molar-refractivity contribution in [1.29, 1.82) is 0 Å². The van der Waals surface area contributed by atoms with Gasteiger partial charge in [-0.25, -0.2) is 0 Å². The van der Waals surface area contributed by atoms with Crippen LogP contribution in [0, 0.1) is 12.3 Å². The summed E-state index contributed by atoms with van der Waals surface area (Å²) in [6.07, 6.45) is 8.39. The molecule has 0 aliphatic heterocycles. The largest absolute Gasteiger partial charge is 1.00 e. The molecule has 44 valence electrons. The van der Waals surface area contributed by atoms with Crippen LogP contribution in [0.4, 0.5) is 0 Å². The normalized spacial score (nSPS) is 7.67. The van der Waals surface area contributed by atoms with E-state index in [-0.39, 0.29) is 18.9 Å². The van der Waals surface area contributed by atoms with Crippen LogP contribution in [0.5, 0.6) is 0 Å². The molecule has 0 fully saturated rings. The van der Waals surface area contributed by atoms with Crippen LogP contribution < -0.4 is 18.9 Å². The molecule has 0 aliphatic rings. The topological polar surface area (TPSA) is 3.24 Å². The molecule has 0 N–H and O–H groups in total. The second kappa shape index (κ2) is 7.86. The number of hydrogen-bond donors (Lipinski definition) is 0. The molecule has 0 saturated heterocycles. The van der Waals surface area contributed by atoms with E-state index in [1.54, 1.807) is 6.08 Å². The number of nitrogens with zero attached hydrogens (tertiary/aromatic N) is 1. The molecule has 0 aromatic rings. The van der Waals surface area contributed by atoms with Crippen LogP contribution in [-0.2, 0) is 0 Å². The zero-order valence-electron chi connectivity index (χ0n) is 6.15. The summed E-state index contributed by atoms with van der Waals surface area (Å²) in [6.45, 7) is 4.97. The van der Waals surface area contributed by atoms with Gasteiger partial charge in [-0.1, -0.05) is 6.08 Å². The van der Waals surface area contributed by atoms with Gasteiger partial charge in [0.25, 0.3) is 0 Å². The standard InChI is InChI=1S/C7H10N.Li/c1-4-6-8(3)7-5-2;/h4H,1,6-7H2,3H3;/q-1;+1. The molecule has 0 aromatic heterocycles. The van der Waals surface area contributed by atoms with Gasteiger partial charge >= 0.3 is 18.9 Å². The summed E-state index contributed by atoms with van der Waals surface area (Å²) in [7, 11) is 1.92. The molecule has 2 heteroatoms. The Balaban J connectivity index is 0. The zero-order chi connectivity index (χ0) is 6.41. The van der Waals surface area contributed by atoms with Crippen LogP contribution in [0.25, 0.3) is 0 Å². The number of likely N-dealkylation sites (N-methyl/N-ethyl adjacent to an activating group) is 1. The average molecular weight is 115 g/mol. The fourth-order valence-electron chi connectivity index (χ4n) is 0.420. The Bertz CT molecular complexity index is 104. The molecule has 0 aliphatic carbocycles. The first kappa shape index (κ1) is 11.6. The quantitative estimate of drug-likeness (QED) is 0.173. The number of hydrogen-bond acceptors (Lipinski definition) is 1. The van der Waals surface area contributed by atoms with Crippen LogP contribution in [-0.4, -0.2) is 25.0 Å². The van der Waals surface area contributed by atoms with E-state index in [4.69, 9.17) is 6.42 Å². The average Bonchev–Trinajstić information content (AvgIpc) is 1.68. The van der Waals surface area contributed by atoms with Crippen molar-refractivity contribution >= 4 is 0 Å². The smallest absolute Gasteiger partial charge is 0.692 e. The third-order valence-corrected chi connectivity index (χ3v) is 0.790. The molecule has 0 aromatic carbocycles. The first-order chi connectivity index (χ1) is 3.81. The Labute approximate surface area is 69.3 Å². The molecule has 0 unspecified atom stereocenters. The maximum Gasteiger partial charge on any atom is 1.00 e. The van der Waals surface area contributed by atoms with Crippen LogP contribution in [0.15, 0.2) is 12.7 Å². The Morgan fingerprint density at radius 3 is 2.67 bits per heavy atom. The molecule has 1 nitrogen and oxygen atoms in total. The summed E-state index contributed by atoms with van der Waals surface area (Å²) in [5.41, 5.74) is 0. The first-order valence-electron chi connectivity index (χ1n) is 2.50. The van der Waals surface area contributed by atoms with E-state index in [0.29, 0.717) is 6.54 Å². The van der Waals surface area contributed by atoms with E-state index >= 15 is 0 Å². The molecule has 0 saturated carbocycles. The molecular weight excluding hydrogens is 105 g/mol. The molecule has 0 heterocycles. The minimum Gasteiger partial charge on any atom is -0.692 e. The predicted molar refractivity (Wildman–Crippen MR) is 34.8 cm³/mol. The molecular formula is C7H10LiN. The van der Waals surface area contributed by atoms with Gasteiger partial charge < -0.3 is 12.3 Å². The van der Waals surface area contributed by atoms with Gasteiger partial charge in [-0.3, -0.25) is 4.90 Å². The molecule has 0 spiro atoms. The van der Waals surface area contributed by atoms with Gasteiger partial charge in [0.2, 0.25) is 0 Å². The van der Waals surface area contributed by atoms with Crippen molar-refractivity contribution in [2.24, 2.45) is 0 Å². The van der Waals surface area contributed by atoms with Crippen molar-refractivity contribution in [2.45, 2.75) is 0 Å². The summed E-state index contributed by atoms with van der Waals surface area (Å²) in [6, 6.07) is 0. The minimum atomic E-state index is 0. The van der Waals surface area contributed by atoms with Crippen molar-refractivity contribution in [3.8, 4) is 5.92 Å². The van der Waals surface area contributed by atoms with Crippen LogP contribution in [0.1, 0.15) is 0 Å². The first-order valence-corrected chi connectivity index (χ1v) is 2.50. The van der Waals surface area contributed by atoms with Crippen molar-refractivity contribution in [2.75, 3.05) is 20.1 Å². The van der Waals surface area contributed by atoms with Gasteiger partial charge in [0.1, 0.15) is 0 Å². The van der Waals surface area contributed by atoms with Gasteiger partial charge in [-0.2, -0.15) is 0 Å². The van der Waals surface area contributed by atoms with E-state index in [9.17, 15) is 0 Å². The van der Waals surface area contributed by atoms with Crippen molar-refractivity contribution in [3.05, 3.63) is 19.1 Å². The molecule has 9 heavy (non-hydrogen) atoms. The van der Waals surface area contributed by atoms with Crippen molar-refractivity contribution in [3.63, 3.8) is 0 Å². The van der Waals surface area contributed by atoms with Crippen molar-refractivity contribution < 1.29 is 18.9 Å². The second-order valence-electron chi connectivity index (χ2n) is 1.66. The predicted octanol–water partition coefficient (Wildman–Crippen LogP) is -2.30. The summed E-state index contributed by atoms with van der Waals surface area (Å²) in [4.78, 5) is 1.94. The molecule has 0 bridgehead atoms. The SMILES string of the molecule is [C-]#CCN(C)CC=C.[Li+]. The Kier molecular flexibility index (Phi) is 10.2. The Morgan fingerprint density at radius 1 is 1.78 bits per heavy atom. The fourth-order valence-corrected chi connectivity index (χ4v) is 0.420. The van der Waals surface area contributed by atoms with Gasteiger partial charge in [-0.15, -0.1) is 6.58 Å². The van der Waals surface area contributed by atoms with E-state index < -0.39 is 0 Å². The number of rotatable bonds is 3. The van der Waals surface area contributed by atoms with Gasteiger partial charge in [0.15, 0.2) is 0 Å². The van der Waals surface area contributed by atoms with Gasteiger partial charge in [0.05, 0.1) is 0 Å². The zero-order valence-corrected chi connectivity index (χ0v) is 6.15. The van der Waals surface area contributed by atoms with E-state index in [1.165, 1.54) is 0 Å². The van der Waals surface area contributed by atoms with Crippen LogP contribution in [0.3, 0.4) is 0 Å². The van der Waals surface area contributed by atoms with E-state index in [0.717, 1.165) is 6.54 Å². The van der Waals surface area contributed by atoms with Gasteiger partial charge in [-0.05, 0) is 7.05 Å². The Morgan fingerprint density at radius 2 is 2.33 bits per heavy atom. The molecule has 0 radical (unpaired) electrons. The van der Waals surface area contributed by atoms with Crippen LogP contribution in [0.2, 0.25) is 0 Å². The molecule has 0 amide bonds. The van der Waals surface area contributed by atoms with E-state index in [1.807, 2.05) is 11.9 Å². The Hall–Kier alpha value is -0.143. The van der Waals surface area contributed by atoms with E-state index in [2.05, 4.69) is 12.5 Å². The van der Waals surface area contributed by atoms with Crippen LogP contribution >= 0.6 is 0 Å².